The summed E-state index contributed by atoms with van der Waals surface area (Å²) in [5, 5.41) is 11.3. The number of aliphatic carboxylic acids is 1. The maximum atomic E-state index is 10.6. The van der Waals surface area contributed by atoms with Crippen molar-refractivity contribution in [1.29, 1.82) is 0 Å². The SMILES string of the molecule is Clc1cccc(CN2CCN(c3nc4ccccc4nc3Nc3ccncc3)CC2)c1.O=C(O)C(F)(F)F. The van der Waals surface area contributed by atoms with E-state index < -0.39 is 12.1 Å². The number of nitrogens with zero attached hydrogens (tertiary/aromatic N) is 5. The number of nitrogens with one attached hydrogen (secondary N) is 1. The number of para-hydroxylation sites is 2. The average Bonchev–Trinajstić information content (AvgIpc) is 2.89. The topological polar surface area (TPSA) is 94.5 Å². The predicted molar refractivity (Wildman–Crippen MR) is 140 cm³/mol. The number of pyridine rings is 1. The summed E-state index contributed by atoms with van der Waals surface area (Å²) < 4.78 is 31.7. The van der Waals surface area contributed by atoms with E-state index in [-0.39, 0.29) is 0 Å². The summed E-state index contributed by atoms with van der Waals surface area (Å²) in [5.74, 6) is -1.10. The van der Waals surface area contributed by atoms with Crippen molar-refractivity contribution in [1.82, 2.24) is 19.9 Å². The van der Waals surface area contributed by atoms with Crippen LogP contribution in [0.1, 0.15) is 5.56 Å². The van der Waals surface area contributed by atoms with E-state index in [1.165, 1.54) is 5.56 Å². The number of halogens is 4. The maximum Gasteiger partial charge on any atom is 0.490 e. The van der Waals surface area contributed by atoms with Crippen LogP contribution in [0.4, 0.5) is 30.5 Å². The first-order chi connectivity index (χ1) is 18.2. The summed E-state index contributed by atoms with van der Waals surface area (Å²) in [6.45, 7) is 4.59. The number of carboxylic acid groups (broad SMARTS) is 1. The monoisotopic (exact) mass is 544 g/mol. The number of fused-ring (bicyclic) bond motifs is 1. The lowest BCUT2D eigenvalue weighted by atomic mass is 10.2. The van der Waals surface area contributed by atoms with Gasteiger partial charge in [0.25, 0.3) is 0 Å². The van der Waals surface area contributed by atoms with E-state index in [2.05, 4.69) is 26.2 Å². The van der Waals surface area contributed by atoms with Crippen molar-refractivity contribution in [3.8, 4) is 0 Å². The Morgan fingerprint density at radius 3 is 2.18 bits per heavy atom. The smallest absolute Gasteiger partial charge is 0.475 e. The summed E-state index contributed by atoms with van der Waals surface area (Å²) in [6.07, 6.45) is -1.55. The Kier molecular flexibility index (Phi) is 8.59. The molecule has 0 unspecified atom stereocenters. The highest BCUT2D eigenvalue weighted by Crippen LogP contribution is 2.28. The number of anilines is 3. The maximum absolute atomic E-state index is 10.6. The standard InChI is InChI=1S/C24H23ClN6.C2HF3O2/c25-19-5-3-4-18(16-19)17-30-12-14-31(15-13-30)24-23(27-20-8-10-26-11-9-20)28-21-6-1-2-7-22(21)29-24;3-2(4,5)1(6)7/h1-11,16H,12-15,17H2,(H,26,27,28);(H,6,7). The number of carboxylic acids is 1. The minimum absolute atomic E-state index is 0.771. The molecule has 0 amide bonds. The molecule has 2 N–H and O–H groups in total. The van der Waals surface area contributed by atoms with Gasteiger partial charge >= 0.3 is 12.1 Å². The molecule has 0 radical (unpaired) electrons. The number of rotatable bonds is 5. The van der Waals surface area contributed by atoms with Gasteiger partial charge in [-0.1, -0.05) is 35.9 Å². The summed E-state index contributed by atoms with van der Waals surface area (Å²) in [6, 6.07) is 20.0. The third-order valence-corrected chi connectivity index (χ3v) is 5.94. The minimum atomic E-state index is -5.08. The van der Waals surface area contributed by atoms with Crippen LogP contribution >= 0.6 is 11.6 Å². The van der Waals surface area contributed by atoms with Gasteiger partial charge in [-0.2, -0.15) is 13.2 Å². The lowest BCUT2D eigenvalue weighted by molar-refractivity contribution is -0.192. The number of carbonyl (C=O) groups is 1. The van der Waals surface area contributed by atoms with Crippen molar-refractivity contribution in [2.75, 3.05) is 36.4 Å². The van der Waals surface area contributed by atoms with Gasteiger partial charge in [0, 0.05) is 55.8 Å². The molecule has 2 aromatic heterocycles. The molecule has 3 heterocycles. The number of hydrogen-bond acceptors (Lipinski definition) is 7. The molecular weight excluding hydrogens is 521 g/mol. The highest BCUT2D eigenvalue weighted by molar-refractivity contribution is 6.30. The number of aromatic nitrogens is 3. The van der Waals surface area contributed by atoms with Gasteiger partial charge in [-0.3, -0.25) is 9.88 Å². The molecule has 4 aromatic rings. The van der Waals surface area contributed by atoms with Crippen LogP contribution in [-0.2, 0) is 11.3 Å². The molecule has 198 valence electrons. The fourth-order valence-corrected chi connectivity index (χ4v) is 4.09. The van der Waals surface area contributed by atoms with Crippen LogP contribution in [0.5, 0.6) is 0 Å². The second kappa shape index (κ2) is 12.1. The molecule has 8 nitrogen and oxygen atoms in total. The first-order valence-electron chi connectivity index (χ1n) is 11.6. The van der Waals surface area contributed by atoms with Crippen LogP contribution in [0.2, 0.25) is 5.02 Å². The molecule has 1 aliphatic rings. The fraction of sp³-hybridized carbons (Fsp3) is 0.231. The van der Waals surface area contributed by atoms with Gasteiger partial charge in [0.1, 0.15) is 0 Å². The number of benzene rings is 2. The molecule has 0 atom stereocenters. The Hall–Kier alpha value is -3.96. The van der Waals surface area contributed by atoms with Crippen molar-refractivity contribution in [2.45, 2.75) is 12.7 Å². The third kappa shape index (κ3) is 7.30. The van der Waals surface area contributed by atoms with E-state index in [1.54, 1.807) is 12.4 Å². The third-order valence-electron chi connectivity index (χ3n) is 5.70. The zero-order valence-electron chi connectivity index (χ0n) is 20.1. The van der Waals surface area contributed by atoms with Gasteiger partial charge in [0.2, 0.25) is 0 Å². The number of piperazine rings is 1. The molecule has 0 aliphatic carbocycles. The summed E-state index contributed by atoms with van der Waals surface area (Å²) in [5.41, 5.74) is 3.97. The van der Waals surface area contributed by atoms with Crippen LogP contribution in [0.15, 0.2) is 73.1 Å². The van der Waals surface area contributed by atoms with E-state index in [1.807, 2.05) is 54.6 Å². The first-order valence-corrected chi connectivity index (χ1v) is 12.0. The van der Waals surface area contributed by atoms with Crippen molar-refractivity contribution in [2.24, 2.45) is 0 Å². The highest BCUT2D eigenvalue weighted by Gasteiger charge is 2.38. The minimum Gasteiger partial charge on any atom is -0.475 e. The summed E-state index contributed by atoms with van der Waals surface area (Å²) in [4.78, 5) is 27.6. The predicted octanol–water partition coefficient (Wildman–Crippen LogP) is 5.38. The molecule has 12 heteroatoms. The average molecular weight is 545 g/mol. The van der Waals surface area contributed by atoms with Crippen molar-refractivity contribution in [3.63, 3.8) is 0 Å². The number of alkyl halides is 3. The molecule has 5 rings (SSSR count). The Bertz CT molecular complexity index is 1380. The lowest BCUT2D eigenvalue weighted by Gasteiger charge is -2.36. The molecule has 2 aromatic carbocycles. The second-order valence-electron chi connectivity index (χ2n) is 8.44. The largest absolute Gasteiger partial charge is 0.490 e. The van der Waals surface area contributed by atoms with E-state index in [0.29, 0.717) is 0 Å². The molecule has 1 fully saturated rings. The van der Waals surface area contributed by atoms with Gasteiger partial charge in [-0.05, 0) is 42.0 Å². The second-order valence-corrected chi connectivity index (χ2v) is 8.88. The molecule has 0 bridgehead atoms. The first kappa shape index (κ1) is 27.1. The Morgan fingerprint density at radius 2 is 1.58 bits per heavy atom. The van der Waals surface area contributed by atoms with E-state index in [4.69, 9.17) is 31.5 Å². The lowest BCUT2D eigenvalue weighted by Crippen LogP contribution is -2.46. The zero-order chi connectivity index (χ0) is 27.1. The van der Waals surface area contributed by atoms with Crippen LogP contribution in [0, 0.1) is 0 Å². The normalized spacial score (nSPS) is 14.1. The summed E-state index contributed by atoms with van der Waals surface area (Å²) in [7, 11) is 0. The quantitative estimate of drug-likeness (QED) is 0.346. The molecular formula is C26H24ClF3N6O2. The Labute approximate surface area is 221 Å². The van der Waals surface area contributed by atoms with Gasteiger partial charge < -0.3 is 15.3 Å². The van der Waals surface area contributed by atoms with Gasteiger partial charge in [-0.15, -0.1) is 0 Å². The van der Waals surface area contributed by atoms with Crippen LogP contribution < -0.4 is 10.2 Å². The molecule has 1 aliphatic heterocycles. The Balaban J connectivity index is 0.000000426. The zero-order valence-corrected chi connectivity index (χ0v) is 20.8. The van der Waals surface area contributed by atoms with Gasteiger partial charge in [0.05, 0.1) is 11.0 Å². The van der Waals surface area contributed by atoms with Crippen LogP contribution in [0.3, 0.4) is 0 Å². The number of hydrogen-bond donors (Lipinski definition) is 2. The van der Waals surface area contributed by atoms with Gasteiger partial charge in [0.15, 0.2) is 11.6 Å². The highest BCUT2D eigenvalue weighted by atomic mass is 35.5. The Morgan fingerprint density at radius 1 is 0.947 bits per heavy atom. The fourth-order valence-electron chi connectivity index (χ4n) is 3.88. The van der Waals surface area contributed by atoms with Crippen molar-refractivity contribution in [3.05, 3.63) is 83.6 Å². The van der Waals surface area contributed by atoms with Crippen LogP contribution in [0.25, 0.3) is 11.0 Å². The van der Waals surface area contributed by atoms with Crippen molar-refractivity contribution >= 4 is 45.9 Å². The molecule has 0 spiro atoms. The molecule has 38 heavy (non-hydrogen) atoms. The van der Waals surface area contributed by atoms with E-state index >= 15 is 0 Å². The molecule has 0 saturated carbocycles. The summed E-state index contributed by atoms with van der Waals surface area (Å²) >= 11 is 6.14. The van der Waals surface area contributed by atoms with E-state index in [9.17, 15) is 13.2 Å². The molecule has 1 saturated heterocycles. The van der Waals surface area contributed by atoms with E-state index in [0.717, 1.165) is 66.1 Å². The van der Waals surface area contributed by atoms with Crippen LogP contribution in [-0.4, -0.2) is 63.3 Å². The van der Waals surface area contributed by atoms with Gasteiger partial charge in [-0.25, -0.2) is 14.8 Å². The van der Waals surface area contributed by atoms with Crippen molar-refractivity contribution < 1.29 is 23.1 Å².